The standard InChI is InChI=1S/C17H32N4O2/c1-13(2)10-19-17(23)21-9-4-6-14(11-21)16(22)20-8-5-7-15(12-20)18-3/h13-15,18H,4-12H2,1-3H3,(H,19,23). The fraction of sp³-hybridized carbons (Fsp3) is 0.882. The molecule has 0 saturated carbocycles. The molecule has 2 atom stereocenters. The number of nitrogens with zero attached hydrogens (tertiary/aromatic N) is 2. The van der Waals surface area contributed by atoms with Crippen LogP contribution in [0.5, 0.6) is 0 Å². The lowest BCUT2D eigenvalue weighted by Crippen LogP contribution is -2.53. The van der Waals surface area contributed by atoms with Gasteiger partial charge in [0.25, 0.3) is 0 Å². The molecule has 23 heavy (non-hydrogen) atoms. The molecule has 0 aromatic rings. The molecule has 2 fully saturated rings. The Morgan fingerprint density at radius 3 is 2.48 bits per heavy atom. The van der Waals surface area contributed by atoms with Gasteiger partial charge in [0.2, 0.25) is 5.91 Å². The average Bonchev–Trinajstić information content (AvgIpc) is 2.59. The Hall–Kier alpha value is -1.30. The number of carbonyl (C=O) groups excluding carboxylic acids is 2. The minimum Gasteiger partial charge on any atom is -0.341 e. The summed E-state index contributed by atoms with van der Waals surface area (Å²) in [5, 5.41) is 6.24. The maximum absolute atomic E-state index is 12.8. The van der Waals surface area contributed by atoms with Crippen LogP contribution in [0.2, 0.25) is 0 Å². The van der Waals surface area contributed by atoms with Crippen molar-refractivity contribution in [3.05, 3.63) is 0 Å². The highest BCUT2D eigenvalue weighted by Gasteiger charge is 2.33. The molecule has 0 aromatic heterocycles. The fourth-order valence-corrected chi connectivity index (χ4v) is 3.44. The van der Waals surface area contributed by atoms with E-state index in [0.29, 0.717) is 25.0 Å². The summed E-state index contributed by atoms with van der Waals surface area (Å²) in [7, 11) is 1.96. The van der Waals surface area contributed by atoms with Gasteiger partial charge in [-0.2, -0.15) is 0 Å². The monoisotopic (exact) mass is 324 g/mol. The molecule has 0 aliphatic carbocycles. The highest BCUT2D eigenvalue weighted by molar-refractivity contribution is 5.81. The van der Waals surface area contributed by atoms with Gasteiger partial charge >= 0.3 is 6.03 Å². The molecule has 2 rings (SSSR count). The van der Waals surface area contributed by atoms with Gasteiger partial charge in [-0.25, -0.2) is 4.79 Å². The predicted molar refractivity (Wildman–Crippen MR) is 91.2 cm³/mol. The molecule has 3 amide bonds. The van der Waals surface area contributed by atoms with Crippen molar-refractivity contribution in [2.24, 2.45) is 11.8 Å². The zero-order valence-electron chi connectivity index (χ0n) is 14.8. The summed E-state index contributed by atoms with van der Waals surface area (Å²) in [6.07, 6.45) is 4.00. The van der Waals surface area contributed by atoms with Crippen molar-refractivity contribution in [1.82, 2.24) is 20.4 Å². The lowest BCUT2D eigenvalue weighted by Gasteiger charge is -2.38. The van der Waals surface area contributed by atoms with Gasteiger partial charge in [-0.15, -0.1) is 0 Å². The zero-order chi connectivity index (χ0) is 16.8. The van der Waals surface area contributed by atoms with E-state index in [-0.39, 0.29) is 17.9 Å². The number of likely N-dealkylation sites (tertiary alicyclic amines) is 2. The van der Waals surface area contributed by atoms with Crippen molar-refractivity contribution >= 4 is 11.9 Å². The molecule has 6 heteroatoms. The molecule has 2 saturated heterocycles. The van der Waals surface area contributed by atoms with Crippen LogP contribution in [0.1, 0.15) is 39.5 Å². The van der Waals surface area contributed by atoms with Crippen LogP contribution in [0.3, 0.4) is 0 Å². The molecule has 2 aliphatic rings. The lowest BCUT2D eigenvalue weighted by molar-refractivity contribution is -0.138. The number of nitrogens with one attached hydrogen (secondary N) is 2. The van der Waals surface area contributed by atoms with Gasteiger partial charge in [0, 0.05) is 38.8 Å². The Balaban J connectivity index is 1.87. The van der Waals surface area contributed by atoms with E-state index in [9.17, 15) is 9.59 Å². The van der Waals surface area contributed by atoms with Crippen LogP contribution in [0, 0.1) is 11.8 Å². The van der Waals surface area contributed by atoms with Crippen LogP contribution in [0.4, 0.5) is 4.79 Å². The number of piperidine rings is 2. The van der Waals surface area contributed by atoms with E-state index >= 15 is 0 Å². The summed E-state index contributed by atoms with van der Waals surface area (Å²) >= 11 is 0. The van der Waals surface area contributed by atoms with Crippen molar-refractivity contribution in [3.63, 3.8) is 0 Å². The van der Waals surface area contributed by atoms with E-state index in [0.717, 1.165) is 45.3 Å². The molecule has 0 spiro atoms. The molecule has 0 bridgehead atoms. The van der Waals surface area contributed by atoms with Crippen molar-refractivity contribution in [3.8, 4) is 0 Å². The second kappa shape index (κ2) is 8.52. The van der Waals surface area contributed by atoms with Gasteiger partial charge in [0.05, 0.1) is 5.92 Å². The fourth-order valence-electron chi connectivity index (χ4n) is 3.44. The molecule has 2 aliphatic heterocycles. The summed E-state index contributed by atoms with van der Waals surface area (Å²) in [5.41, 5.74) is 0. The number of carbonyl (C=O) groups is 2. The Morgan fingerprint density at radius 2 is 1.78 bits per heavy atom. The molecule has 0 aromatic carbocycles. The first-order chi connectivity index (χ1) is 11.0. The summed E-state index contributed by atoms with van der Waals surface area (Å²) < 4.78 is 0. The summed E-state index contributed by atoms with van der Waals surface area (Å²) in [6, 6.07) is 0.379. The third-order valence-corrected chi connectivity index (χ3v) is 4.86. The van der Waals surface area contributed by atoms with Gasteiger partial charge in [-0.3, -0.25) is 4.79 Å². The van der Waals surface area contributed by atoms with Gasteiger partial charge in [0.15, 0.2) is 0 Å². The first-order valence-corrected chi connectivity index (χ1v) is 9.00. The Labute approximate surface area is 140 Å². The highest BCUT2D eigenvalue weighted by atomic mass is 16.2. The van der Waals surface area contributed by atoms with Crippen LogP contribution in [-0.2, 0) is 4.79 Å². The highest BCUT2D eigenvalue weighted by Crippen LogP contribution is 2.21. The molecule has 6 nitrogen and oxygen atoms in total. The third-order valence-electron chi connectivity index (χ3n) is 4.86. The first kappa shape index (κ1) is 18.0. The van der Waals surface area contributed by atoms with E-state index < -0.39 is 0 Å². The minimum absolute atomic E-state index is 0.0251. The van der Waals surface area contributed by atoms with Crippen LogP contribution in [0.25, 0.3) is 0 Å². The van der Waals surface area contributed by atoms with E-state index in [1.54, 1.807) is 0 Å². The van der Waals surface area contributed by atoms with Gasteiger partial charge in [-0.1, -0.05) is 13.8 Å². The molecule has 2 N–H and O–H groups in total. The number of amides is 3. The smallest absolute Gasteiger partial charge is 0.317 e. The molecule has 2 heterocycles. The molecular weight excluding hydrogens is 292 g/mol. The van der Waals surface area contributed by atoms with Crippen molar-refractivity contribution < 1.29 is 9.59 Å². The normalized spacial score (nSPS) is 25.6. The molecular formula is C17H32N4O2. The number of rotatable bonds is 4. The summed E-state index contributed by atoms with van der Waals surface area (Å²) in [6.45, 7) is 7.81. The number of likely N-dealkylation sites (N-methyl/N-ethyl adjacent to an activating group) is 1. The van der Waals surface area contributed by atoms with Crippen LogP contribution < -0.4 is 10.6 Å². The van der Waals surface area contributed by atoms with E-state index in [4.69, 9.17) is 0 Å². The zero-order valence-corrected chi connectivity index (χ0v) is 14.8. The van der Waals surface area contributed by atoms with Gasteiger partial charge < -0.3 is 20.4 Å². The topological polar surface area (TPSA) is 64.7 Å². The summed E-state index contributed by atoms with van der Waals surface area (Å²) in [4.78, 5) is 28.8. The maximum Gasteiger partial charge on any atom is 0.317 e. The third kappa shape index (κ3) is 5.09. The minimum atomic E-state index is -0.0378. The first-order valence-electron chi connectivity index (χ1n) is 9.00. The van der Waals surface area contributed by atoms with Crippen LogP contribution in [0.15, 0.2) is 0 Å². The van der Waals surface area contributed by atoms with Gasteiger partial charge in [-0.05, 0) is 38.6 Å². The van der Waals surface area contributed by atoms with Crippen LogP contribution in [-0.4, -0.2) is 67.6 Å². The summed E-state index contributed by atoms with van der Waals surface area (Å²) in [5.74, 6) is 0.628. The number of hydrogen-bond donors (Lipinski definition) is 2. The Morgan fingerprint density at radius 1 is 1.09 bits per heavy atom. The molecule has 2 unspecified atom stereocenters. The lowest BCUT2D eigenvalue weighted by atomic mass is 9.95. The average molecular weight is 324 g/mol. The van der Waals surface area contributed by atoms with E-state index in [2.05, 4.69) is 24.5 Å². The SMILES string of the molecule is CNC1CCCN(C(=O)C2CCCN(C(=O)NCC(C)C)C2)C1. The van der Waals surface area contributed by atoms with Crippen molar-refractivity contribution in [1.29, 1.82) is 0 Å². The van der Waals surface area contributed by atoms with Gasteiger partial charge in [0.1, 0.15) is 0 Å². The van der Waals surface area contributed by atoms with Crippen molar-refractivity contribution in [2.75, 3.05) is 39.8 Å². The predicted octanol–water partition coefficient (Wildman–Crippen LogP) is 1.27. The number of urea groups is 1. The van der Waals surface area contributed by atoms with Crippen LogP contribution >= 0.6 is 0 Å². The quantitative estimate of drug-likeness (QED) is 0.819. The maximum atomic E-state index is 12.8. The second-order valence-electron chi connectivity index (χ2n) is 7.28. The second-order valence-corrected chi connectivity index (χ2v) is 7.28. The Bertz CT molecular complexity index is 413. The number of hydrogen-bond acceptors (Lipinski definition) is 3. The molecule has 0 radical (unpaired) electrons. The van der Waals surface area contributed by atoms with E-state index in [1.165, 1.54) is 0 Å². The van der Waals surface area contributed by atoms with Crippen molar-refractivity contribution in [2.45, 2.75) is 45.6 Å². The Kier molecular flexibility index (Phi) is 6.69. The largest absolute Gasteiger partial charge is 0.341 e. The van der Waals surface area contributed by atoms with E-state index in [1.807, 2.05) is 16.8 Å². The molecule has 132 valence electrons.